The lowest BCUT2D eigenvalue weighted by atomic mass is 10.3. The SMILES string of the molecule is CCS(=O)(=O)c1ncccc1C=NO. The summed E-state index contributed by atoms with van der Waals surface area (Å²) in [7, 11) is -3.36. The molecule has 0 bridgehead atoms. The summed E-state index contributed by atoms with van der Waals surface area (Å²) in [5.74, 6) is -0.0315. The van der Waals surface area contributed by atoms with Crippen molar-refractivity contribution in [3.05, 3.63) is 23.9 Å². The molecule has 0 aliphatic heterocycles. The molecule has 1 aromatic rings. The van der Waals surface area contributed by atoms with Crippen molar-refractivity contribution in [2.75, 3.05) is 5.75 Å². The largest absolute Gasteiger partial charge is 0.411 e. The van der Waals surface area contributed by atoms with Crippen molar-refractivity contribution in [2.45, 2.75) is 11.9 Å². The lowest BCUT2D eigenvalue weighted by molar-refractivity contribution is 0.321. The summed E-state index contributed by atoms with van der Waals surface area (Å²) in [5, 5.41) is 11.1. The Morgan fingerprint density at radius 2 is 2.36 bits per heavy atom. The highest BCUT2D eigenvalue weighted by atomic mass is 32.2. The van der Waals surface area contributed by atoms with Gasteiger partial charge < -0.3 is 5.21 Å². The van der Waals surface area contributed by atoms with Crippen LogP contribution in [-0.2, 0) is 9.84 Å². The lowest BCUT2D eigenvalue weighted by Crippen LogP contribution is -2.09. The van der Waals surface area contributed by atoms with Gasteiger partial charge in [0.25, 0.3) is 0 Å². The van der Waals surface area contributed by atoms with Crippen molar-refractivity contribution in [2.24, 2.45) is 5.16 Å². The molecule has 0 spiro atoms. The molecule has 0 amide bonds. The number of sulfone groups is 1. The molecule has 0 aromatic carbocycles. The average Bonchev–Trinajstić information content (AvgIpc) is 2.19. The minimum absolute atomic E-state index is 0.0315. The Hall–Kier alpha value is -1.43. The molecule has 14 heavy (non-hydrogen) atoms. The molecule has 0 aliphatic carbocycles. The molecule has 6 heteroatoms. The van der Waals surface area contributed by atoms with Gasteiger partial charge in [0, 0.05) is 11.8 Å². The maximum absolute atomic E-state index is 11.5. The van der Waals surface area contributed by atoms with E-state index < -0.39 is 9.84 Å². The normalized spacial score (nSPS) is 12.1. The van der Waals surface area contributed by atoms with Crippen LogP contribution in [0.3, 0.4) is 0 Å². The second-order valence-corrected chi connectivity index (χ2v) is 4.74. The quantitative estimate of drug-likeness (QED) is 0.456. The molecule has 1 heterocycles. The van der Waals surface area contributed by atoms with Gasteiger partial charge in [-0.2, -0.15) is 0 Å². The molecule has 0 aliphatic rings. The molecule has 0 saturated carbocycles. The first kappa shape index (κ1) is 10.6. The molecular formula is C8H10N2O3S. The second kappa shape index (κ2) is 4.19. The van der Waals surface area contributed by atoms with Gasteiger partial charge >= 0.3 is 0 Å². The predicted octanol–water partition coefficient (Wildman–Crippen LogP) is 0.683. The van der Waals surface area contributed by atoms with Gasteiger partial charge in [-0.3, -0.25) is 0 Å². The highest BCUT2D eigenvalue weighted by Crippen LogP contribution is 2.11. The number of hydrogen-bond donors (Lipinski definition) is 1. The molecule has 0 unspecified atom stereocenters. The first-order valence-electron chi connectivity index (χ1n) is 3.97. The first-order valence-corrected chi connectivity index (χ1v) is 5.62. The molecule has 5 nitrogen and oxygen atoms in total. The van der Waals surface area contributed by atoms with E-state index in [9.17, 15) is 8.42 Å². The smallest absolute Gasteiger partial charge is 0.195 e. The van der Waals surface area contributed by atoms with Crippen LogP contribution in [0.2, 0.25) is 0 Å². The summed E-state index contributed by atoms with van der Waals surface area (Å²) >= 11 is 0. The molecule has 0 radical (unpaired) electrons. The van der Waals surface area contributed by atoms with Crippen LogP contribution < -0.4 is 0 Å². The van der Waals surface area contributed by atoms with Gasteiger partial charge in [-0.1, -0.05) is 12.1 Å². The van der Waals surface area contributed by atoms with Gasteiger partial charge in [0.15, 0.2) is 14.9 Å². The van der Waals surface area contributed by atoms with Crippen molar-refractivity contribution in [1.82, 2.24) is 4.98 Å². The highest BCUT2D eigenvalue weighted by molar-refractivity contribution is 7.91. The number of rotatable bonds is 3. The number of nitrogens with zero attached hydrogens (tertiary/aromatic N) is 2. The number of hydrogen-bond acceptors (Lipinski definition) is 5. The Balaban J connectivity index is 3.34. The summed E-state index contributed by atoms with van der Waals surface area (Å²) in [4.78, 5) is 3.75. The predicted molar refractivity (Wildman–Crippen MR) is 51.3 cm³/mol. The van der Waals surface area contributed by atoms with Gasteiger partial charge in [-0.25, -0.2) is 13.4 Å². The van der Waals surface area contributed by atoms with Crippen molar-refractivity contribution in [3.63, 3.8) is 0 Å². The van der Waals surface area contributed by atoms with E-state index in [1.807, 2.05) is 0 Å². The minimum atomic E-state index is -3.36. The van der Waals surface area contributed by atoms with E-state index in [2.05, 4.69) is 10.1 Å². The Bertz CT molecular complexity index is 440. The molecule has 1 aromatic heterocycles. The van der Waals surface area contributed by atoms with E-state index in [1.54, 1.807) is 6.07 Å². The van der Waals surface area contributed by atoms with Crippen LogP contribution in [0, 0.1) is 0 Å². The van der Waals surface area contributed by atoms with Crippen molar-refractivity contribution < 1.29 is 13.6 Å². The standard InChI is InChI=1S/C8H10N2O3S/c1-2-14(12,13)8-7(6-10-11)4-3-5-9-8/h3-6,11H,2H2,1H3. The highest BCUT2D eigenvalue weighted by Gasteiger charge is 2.16. The third kappa shape index (κ3) is 2.08. The summed E-state index contributed by atoms with van der Waals surface area (Å²) in [6.45, 7) is 1.53. The van der Waals surface area contributed by atoms with E-state index >= 15 is 0 Å². The van der Waals surface area contributed by atoms with Crippen LogP contribution in [0.15, 0.2) is 28.5 Å². The molecule has 1 N–H and O–H groups in total. The van der Waals surface area contributed by atoms with E-state index in [4.69, 9.17) is 5.21 Å². The van der Waals surface area contributed by atoms with Gasteiger partial charge in [-0.15, -0.1) is 0 Å². The lowest BCUT2D eigenvalue weighted by Gasteiger charge is -2.02. The molecule has 1 rings (SSSR count). The van der Waals surface area contributed by atoms with Crippen molar-refractivity contribution >= 4 is 16.1 Å². The first-order chi connectivity index (χ1) is 6.61. The molecule has 76 valence electrons. The van der Waals surface area contributed by atoms with Gasteiger partial charge in [0.2, 0.25) is 0 Å². The van der Waals surface area contributed by atoms with E-state index in [-0.39, 0.29) is 16.3 Å². The number of pyridine rings is 1. The average molecular weight is 214 g/mol. The third-order valence-corrected chi connectivity index (χ3v) is 3.36. The second-order valence-electron chi connectivity index (χ2n) is 2.55. The number of oxime groups is 1. The Morgan fingerprint density at radius 1 is 1.64 bits per heavy atom. The summed E-state index contributed by atoms with van der Waals surface area (Å²) in [6, 6.07) is 3.10. The molecule has 0 atom stereocenters. The van der Waals surface area contributed by atoms with Crippen LogP contribution in [0.4, 0.5) is 0 Å². The van der Waals surface area contributed by atoms with Crippen LogP contribution >= 0.6 is 0 Å². The fourth-order valence-electron chi connectivity index (χ4n) is 0.960. The van der Waals surface area contributed by atoms with Gasteiger partial charge in [0.1, 0.15) is 0 Å². The van der Waals surface area contributed by atoms with E-state index in [0.29, 0.717) is 0 Å². The zero-order valence-corrected chi connectivity index (χ0v) is 8.40. The molecule has 0 fully saturated rings. The van der Waals surface area contributed by atoms with E-state index in [1.165, 1.54) is 19.2 Å². The van der Waals surface area contributed by atoms with Crippen molar-refractivity contribution in [3.8, 4) is 0 Å². The molecular weight excluding hydrogens is 204 g/mol. The Kier molecular flexibility index (Phi) is 3.19. The maximum Gasteiger partial charge on any atom is 0.195 e. The number of aromatic nitrogens is 1. The maximum atomic E-state index is 11.5. The van der Waals surface area contributed by atoms with E-state index in [0.717, 1.165) is 6.21 Å². The fraction of sp³-hybridized carbons (Fsp3) is 0.250. The van der Waals surface area contributed by atoms with Crippen LogP contribution in [0.1, 0.15) is 12.5 Å². The zero-order valence-electron chi connectivity index (χ0n) is 7.58. The van der Waals surface area contributed by atoms with Gasteiger partial charge in [0.05, 0.1) is 12.0 Å². The summed E-state index contributed by atoms with van der Waals surface area (Å²) in [6.07, 6.45) is 2.44. The topological polar surface area (TPSA) is 79.6 Å². The molecule has 0 saturated heterocycles. The van der Waals surface area contributed by atoms with Crippen LogP contribution in [0.5, 0.6) is 0 Å². The Morgan fingerprint density at radius 3 is 2.93 bits per heavy atom. The van der Waals surface area contributed by atoms with Crippen LogP contribution in [0.25, 0.3) is 0 Å². The monoisotopic (exact) mass is 214 g/mol. The minimum Gasteiger partial charge on any atom is -0.411 e. The van der Waals surface area contributed by atoms with Crippen LogP contribution in [-0.4, -0.2) is 30.6 Å². The van der Waals surface area contributed by atoms with Crippen molar-refractivity contribution in [1.29, 1.82) is 0 Å². The van der Waals surface area contributed by atoms with Gasteiger partial charge in [-0.05, 0) is 12.1 Å². The Labute approximate surface area is 82.0 Å². The third-order valence-electron chi connectivity index (χ3n) is 1.67. The summed E-state index contributed by atoms with van der Waals surface area (Å²) in [5.41, 5.74) is 0.289. The fourth-order valence-corrected chi connectivity index (χ4v) is 1.94. The summed E-state index contributed by atoms with van der Waals surface area (Å²) < 4.78 is 23.0. The zero-order chi connectivity index (χ0) is 10.6.